The van der Waals surface area contributed by atoms with Gasteiger partial charge in [0.25, 0.3) is 0 Å². The Kier molecular flexibility index (Phi) is 3.24. The fourth-order valence-electron chi connectivity index (χ4n) is 1.68. The van der Waals surface area contributed by atoms with Crippen LogP contribution >= 0.6 is 12.2 Å². The zero-order chi connectivity index (χ0) is 10.8. The summed E-state index contributed by atoms with van der Waals surface area (Å²) in [5.41, 5.74) is 4.33. The summed E-state index contributed by atoms with van der Waals surface area (Å²) in [7, 11) is 0. The molecule has 0 bridgehead atoms. The van der Waals surface area contributed by atoms with Crippen molar-refractivity contribution in [3.63, 3.8) is 0 Å². The third-order valence-electron chi connectivity index (χ3n) is 2.70. The minimum Gasteiger partial charge on any atom is -0.359 e. The van der Waals surface area contributed by atoms with Gasteiger partial charge in [-0.05, 0) is 63.6 Å². The normalized spacial score (nSPS) is 19.9. The number of nitrogens with zero attached hydrogens (tertiary/aromatic N) is 1. The minimum atomic E-state index is 0.366. The lowest BCUT2D eigenvalue weighted by Crippen LogP contribution is -2.37. The van der Waals surface area contributed by atoms with Crippen LogP contribution in [0.2, 0.25) is 0 Å². The van der Waals surface area contributed by atoms with E-state index in [0.717, 1.165) is 11.8 Å². The molecule has 0 aromatic heterocycles. The van der Waals surface area contributed by atoms with Crippen molar-refractivity contribution in [2.45, 2.75) is 45.6 Å². The first kappa shape index (κ1) is 10.9. The maximum absolute atomic E-state index is 5.13. The van der Waals surface area contributed by atoms with Crippen molar-refractivity contribution in [1.29, 1.82) is 0 Å². The van der Waals surface area contributed by atoms with Gasteiger partial charge in [0.2, 0.25) is 0 Å². The van der Waals surface area contributed by atoms with E-state index in [1.807, 2.05) is 0 Å². The predicted molar refractivity (Wildman–Crippen MR) is 66.9 cm³/mol. The van der Waals surface area contributed by atoms with Crippen LogP contribution in [-0.2, 0) is 0 Å². The van der Waals surface area contributed by atoms with Gasteiger partial charge in [0.15, 0.2) is 5.11 Å². The molecule has 15 heavy (non-hydrogen) atoms. The summed E-state index contributed by atoms with van der Waals surface area (Å²) in [4.78, 5) is 0. The summed E-state index contributed by atoms with van der Waals surface area (Å²) in [5, 5.41) is 8.24. The lowest BCUT2D eigenvalue weighted by molar-refractivity contribution is 0.718. The van der Waals surface area contributed by atoms with E-state index in [4.69, 9.17) is 12.2 Å². The molecule has 0 radical (unpaired) electrons. The molecular weight excluding hydrogens is 206 g/mol. The number of rotatable bonds is 4. The standard InChI is InChI=1S/C11H19N3S/c1-7(2)12-11(15)14-13-10(8-3-4-8)9-5-6-9/h7-9H,3-6H2,1-2H3,(H2,12,14,15). The molecule has 0 unspecified atom stereocenters. The van der Waals surface area contributed by atoms with Gasteiger partial charge >= 0.3 is 0 Å². The van der Waals surface area contributed by atoms with Crippen LogP contribution in [0.5, 0.6) is 0 Å². The molecule has 0 heterocycles. The summed E-state index contributed by atoms with van der Waals surface area (Å²) in [6.07, 6.45) is 5.28. The fraction of sp³-hybridized carbons (Fsp3) is 0.818. The van der Waals surface area contributed by atoms with Gasteiger partial charge in [-0.3, -0.25) is 5.43 Å². The Bertz CT molecular complexity index is 264. The van der Waals surface area contributed by atoms with E-state index >= 15 is 0 Å². The van der Waals surface area contributed by atoms with E-state index in [-0.39, 0.29) is 0 Å². The van der Waals surface area contributed by atoms with Gasteiger partial charge in [0, 0.05) is 11.8 Å². The highest BCUT2D eigenvalue weighted by molar-refractivity contribution is 7.80. The Morgan fingerprint density at radius 3 is 2.13 bits per heavy atom. The fourth-order valence-corrected chi connectivity index (χ4v) is 1.97. The van der Waals surface area contributed by atoms with Gasteiger partial charge in [0.1, 0.15) is 0 Å². The van der Waals surface area contributed by atoms with Gasteiger partial charge < -0.3 is 5.32 Å². The van der Waals surface area contributed by atoms with Crippen molar-refractivity contribution in [2.24, 2.45) is 16.9 Å². The van der Waals surface area contributed by atoms with Crippen LogP contribution in [-0.4, -0.2) is 16.9 Å². The molecule has 0 spiro atoms. The monoisotopic (exact) mass is 225 g/mol. The molecule has 2 N–H and O–H groups in total. The summed E-state index contributed by atoms with van der Waals surface area (Å²) in [6.45, 7) is 4.14. The molecule has 2 saturated carbocycles. The summed E-state index contributed by atoms with van der Waals surface area (Å²) >= 11 is 5.13. The summed E-state index contributed by atoms with van der Waals surface area (Å²) in [6, 6.07) is 0.366. The van der Waals surface area contributed by atoms with E-state index in [1.54, 1.807) is 0 Å². The molecule has 4 heteroatoms. The van der Waals surface area contributed by atoms with Crippen molar-refractivity contribution in [2.75, 3.05) is 0 Å². The lowest BCUT2D eigenvalue weighted by atomic mass is 10.2. The molecule has 0 amide bonds. The molecule has 84 valence electrons. The van der Waals surface area contributed by atoms with Crippen molar-refractivity contribution >= 4 is 23.0 Å². The maximum atomic E-state index is 5.13. The van der Waals surface area contributed by atoms with E-state index < -0.39 is 0 Å². The number of thiocarbonyl (C=S) groups is 1. The average molecular weight is 225 g/mol. The van der Waals surface area contributed by atoms with Gasteiger partial charge in [-0.1, -0.05) is 0 Å². The molecule has 2 aliphatic rings. The molecule has 0 atom stereocenters. The maximum Gasteiger partial charge on any atom is 0.187 e. The van der Waals surface area contributed by atoms with Crippen LogP contribution < -0.4 is 10.7 Å². The highest BCUT2D eigenvalue weighted by Gasteiger charge is 2.38. The third-order valence-corrected chi connectivity index (χ3v) is 2.91. The first-order valence-electron chi connectivity index (χ1n) is 5.81. The lowest BCUT2D eigenvalue weighted by Gasteiger charge is -2.11. The molecule has 0 aromatic rings. The highest BCUT2D eigenvalue weighted by Crippen LogP contribution is 2.41. The second-order valence-electron chi connectivity index (χ2n) is 4.83. The van der Waals surface area contributed by atoms with Crippen LogP contribution in [0.3, 0.4) is 0 Å². The molecule has 3 nitrogen and oxygen atoms in total. The van der Waals surface area contributed by atoms with Gasteiger partial charge in [-0.25, -0.2) is 0 Å². The third kappa shape index (κ3) is 3.45. The van der Waals surface area contributed by atoms with E-state index in [2.05, 4.69) is 29.7 Å². The molecule has 2 rings (SSSR count). The zero-order valence-electron chi connectivity index (χ0n) is 9.42. The number of hydrogen-bond acceptors (Lipinski definition) is 2. The Morgan fingerprint density at radius 2 is 1.73 bits per heavy atom. The van der Waals surface area contributed by atoms with E-state index in [1.165, 1.54) is 31.4 Å². The molecule has 2 aliphatic carbocycles. The van der Waals surface area contributed by atoms with Crippen molar-refractivity contribution in [3.05, 3.63) is 0 Å². The van der Waals surface area contributed by atoms with Crippen LogP contribution in [0.1, 0.15) is 39.5 Å². The van der Waals surface area contributed by atoms with Crippen molar-refractivity contribution < 1.29 is 0 Å². The van der Waals surface area contributed by atoms with Crippen LogP contribution in [0.4, 0.5) is 0 Å². The van der Waals surface area contributed by atoms with Crippen LogP contribution in [0.25, 0.3) is 0 Å². The first-order valence-corrected chi connectivity index (χ1v) is 6.21. The van der Waals surface area contributed by atoms with Crippen molar-refractivity contribution in [1.82, 2.24) is 10.7 Å². The van der Waals surface area contributed by atoms with Crippen LogP contribution in [0, 0.1) is 11.8 Å². The highest BCUT2D eigenvalue weighted by atomic mass is 32.1. The van der Waals surface area contributed by atoms with Crippen molar-refractivity contribution in [3.8, 4) is 0 Å². The van der Waals surface area contributed by atoms with Gasteiger partial charge in [-0.2, -0.15) is 5.10 Å². The summed E-state index contributed by atoms with van der Waals surface area (Å²) < 4.78 is 0. The molecule has 0 aromatic carbocycles. The molecule has 2 fully saturated rings. The number of hydrazone groups is 1. The van der Waals surface area contributed by atoms with Gasteiger partial charge in [-0.15, -0.1) is 0 Å². The Labute approximate surface area is 96.7 Å². The Balaban J connectivity index is 1.82. The Morgan fingerprint density at radius 1 is 1.20 bits per heavy atom. The topological polar surface area (TPSA) is 36.4 Å². The second-order valence-corrected chi connectivity index (χ2v) is 5.23. The zero-order valence-corrected chi connectivity index (χ0v) is 10.2. The predicted octanol–water partition coefficient (Wildman–Crippen LogP) is 2.03. The number of hydrogen-bond donors (Lipinski definition) is 2. The van der Waals surface area contributed by atoms with Crippen LogP contribution in [0.15, 0.2) is 5.10 Å². The quantitative estimate of drug-likeness (QED) is 0.437. The number of nitrogens with one attached hydrogen (secondary N) is 2. The summed E-state index contributed by atoms with van der Waals surface area (Å²) in [5.74, 6) is 1.51. The Hall–Kier alpha value is -0.640. The van der Waals surface area contributed by atoms with E-state index in [9.17, 15) is 0 Å². The van der Waals surface area contributed by atoms with E-state index in [0.29, 0.717) is 11.2 Å². The minimum absolute atomic E-state index is 0.366. The van der Waals surface area contributed by atoms with Gasteiger partial charge in [0.05, 0.1) is 0 Å². The molecular formula is C11H19N3S. The second kappa shape index (κ2) is 4.47. The SMILES string of the molecule is CC(C)NC(=S)NN=C(C1CC1)C1CC1. The molecule has 0 saturated heterocycles. The first-order chi connectivity index (χ1) is 7.16. The largest absolute Gasteiger partial charge is 0.359 e. The molecule has 0 aliphatic heterocycles. The smallest absolute Gasteiger partial charge is 0.187 e. The average Bonchev–Trinajstić information content (AvgIpc) is 2.99.